The Hall–Kier alpha value is -1.28. The molecule has 0 saturated heterocycles. The molecular weight excluding hydrogens is 270 g/mol. The Balaban J connectivity index is 2.09. The second-order valence-corrected chi connectivity index (χ2v) is 11.1. The van der Waals surface area contributed by atoms with Crippen LogP contribution in [0.25, 0.3) is 0 Å². The first-order chi connectivity index (χ1) is 10.1. The number of hydrogen-bond donors (Lipinski definition) is 1. The lowest BCUT2D eigenvalue weighted by Crippen LogP contribution is -2.48. The molecule has 0 bridgehead atoms. The number of anilines is 1. The molecule has 2 heteroatoms. The molecule has 1 aromatic carbocycles. The summed E-state index contributed by atoms with van der Waals surface area (Å²) >= 11 is 0. The lowest BCUT2D eigenvalue weighted by atomic mass is 10.0. The van der Waals surface area contributed by atoms with Crippen LogP contribution in [-0.4, -0.2) is 8.24 Å². The highest BCUT2D eigenvalue weighted by Crippen LogP contribution is 2.48. The minimum atomic E-state index is -1.65. The van der Waals surface area contributed by atoms with E-state index in [1.54, 1.807) is 0 Å². The Morgan fingerprint density at radius 2 is 1.62 bits per heavy atom. The van der Waals surface area contributed by atoms with Crippen LogP contribution in [-0.2, 0) is 0 Å². The average molecular weight is 300 g/mol. The van der Waals surface area contributed by atoms with Crippen molar-refractivity contribution < 1.29 is 0 Å². The predicted molar refractivity (Wildman–Crippen MR) is 97.3 cm³/mol. The number of allylic oxidation sites excluding steroid dienone is 4. The van der Waals surface area contributed by atoms with Crippen LogP contribution in [0.3, 0.4) is 0 Å². The molecule has 2 rings (SSSR count). The maximum Gasteiger partial charge on any atom is 0.161 e. The van der Waals surface area contributed by atoms with Gasteiger partial charge in [0.05, 0.1) is 0 Å². The zero-order chi connectivity index (χ0) is 15.2. The molecule has 0 saturated carbocycles. The van der Waals surface area contributed by atoms with Gasteiger partial charge in [-0.25, -0.2) is 0 Å². The lowest BCUT2D eigenvalue weighted by Gasteiger charge is -2.41. The Labute approximate surface area is 131 Å². The van der Waals surface area contributed by atoms with E-state index in [2.05, 4.69) is 79.6 Å². The SMILES string of the molecule is CCCCCCC1([Si](C)(C)Nc2ccccc2)C=CC=C1. The van der Waals surface area contributed by atoms with Crippen LogP contribution in [0.4, 0.5) is 5.69 Å². The first-order valence-electron chi connectivity index (χ1n) is 8.30. The van der Waals surface area contributed by atoms with Crippen LogP contribution in [0.1, 0.15) is 39.0 Å². The summed E-state index contributed by atoms with van der Waals surface area (Å²) in [6.07, 6.45) is 16.0. The van der Waals surface area contributed by atoms with Gasteiger partial charge in [0.2, 0.25) is 0 Å². The Kier molecular flexibility index (Phi) is 5.46. The number of nitrogens with one attached hydrogen (secondary N) is 1. The van der Waals surface area contributed by atoms with Crippen molar-refractivity contribution in [3.63, 3.8) is 0 Å². The second-order valence-electron chi connectivity index (χ2n) is 6.69. The highest BCUT2D eigenvalue weighted by atomic mass is 28.3. The maximum absolute atomic E-state index is 3.88. The zero-order valence-electron chi connectivity index (χ0n) is 13.7. The van der Waals surface area contributed by atoms with Crippen LogP contribution >= 0.6 is 0 Å². The number of hydrogen-bond acceptors (Lipinski definition) is 1. The Bertz CT molecular complexity index is 476. The highest BCUT2D eigenvalue weighted by Gasteiger charge is 2.44. The summed E-state index contributed by atoms with van der Waals surface area (Å²) in [5, 5.41) is 0.260. The zero-order valence-corrected chi connectivity index (χ0v) is 14.7. The summed E-state index contributed by atoms with van der Waals surface area (Å²) in [5.41, 5.74) is 1.26. The van der Waals surface area contributed by atoms with Gasteiger partial charge < -0.3 is 4.98 Å². The monoisotopic (exact) mass is 299 g/mol. The molecule has 1 nitrogen and oxygen atoms in total. The molecule has 0 amide bonds. The summed E-state index contributed by atoms with van der Waals surface area (Å²) in [5.74, 6) is 0. The van der Waals surface area contributed by atoms with Crippen molar-refractivity contribution in [1.29, 1.82) is 0 Å². The highest BCUT2D eigenvalue weighted by molar-refractivity contribution is 6.84. The third-order valence-electron chi connectivity index (χ3n) is 4.74. The molecular formula is C19H29NSi. The number of unbranched alkanes of at least 4 members (excludes halogenated alkanes) is 3. The van der Waals surface area contributed by atoms with Gasteiger partial charge in [0.25, 0.3) is 0 Å². The summed E-state index contributed by atoms with van der Waals surface area (Å²) in [7, 11) is -1.65. The summed E-state index contributed by atoms with van der Waals surface area (Å²) in [4.78, 5) is 3.88. The van der Waals surface area contributed by atoms with Crippen molar-refractivity contribution in [1.82, 2.24) is 0 Å². The summed E-state index contributed by atoms with van der Waals surface area (Å²) in [6, 6.07) is 10.7. The van der Waals surface area contributed by atoms with Gasteiger partial charge in [-0.2, -0.15) is 0 Å². The van der Waals surface area contributed by atoms with Crippen molar-refractivity contribution in [2.24, 2.45) is 0 Å². The van der Waals surface area contributed by atoms with Crippen molar-refractivity contribution >= 4 is 13.9 Å². The predicted octanol–water partition coefficient (Wildman–Crippen LogP) is 6.14. The molecule has 0 aromatic heterocycles. The van der Waals surface area contributed by atoms with Gasteiger partial charge in [0.15, 0.2) is 8.24 Å². The largest absolute Gasteiger partial charge is 0.410 e. The van der Waals surface area contributed by atoms with E-state index in [0.717, 1.165) is 0 Å². The fourth-order valence-electron chi connectivity index (χ4n) is 3.25. The fourth-order valence-corrected chi connectivity index (χ4v) is 6.20. The fraction of sp³-hybridized carbons (Fsp3) is 0.474. The van der Waals surface area contributed by atoms with E-state index in [9.17, 15) is 0 Å². The van der Waals surface area contributed by atoms with Gasteiger partial charge >= 0.3 is 0 Å². The molecule has 1 N–H and O–H groups in total. The van der Waals surface area contributed by atoms with Crippen molar-refractivity contribution in [3.05, 3.63) is 54.6 Å². The van der Waals surface area contributed by atoms with Gasteiger partial charge in [-0.05, 0) is 18.6 Å². The van der Waals surface area contributed by atoms with Crippen molar-refractivity contribution in [2.75, 3.05) is 4.98 Å². The van der Waals surface area contributed by atoms with Crippen LogP contribution in [0.2, 0.25) is 18.1 Å². The van der Waals surface area contributed by atoms with Crippen molar-refractivity contribution in [3.8, 4) is 0 Å². The molecule has 0 aliphatic heterocycles. The smallest absolute Gasteiger partial charge is 0.161 e. The van der Waals surface area contributed by atoms with E-state index in [1.807, 2.05) is 0 Å². The summed E-state index contributed by atoms with van der Waals surface area (Å²) < 4.78 is 0. The molecule has 1 aromatic rings. The average Bonchev–Trinajstić information content (AvgIpc) is 2.95. The van der Waals surface area contributed by atoms with Gasteiger partial charge in [-0.3, -0.25) is 0 Å². The topological polar surface area (TPSA) is 12.0 Å². The standard InChI is InChI=1S/C19H29NSi/c1-4-5-6-10-15-19(16-11-12-17-19)21(2,3)20-18-13-8-7-9-14-18/h7-9,11-14,16-17,20H,4-6,10,15H2,1-3H3. The van der Waals surface area contributed by atoms with E-state index in [-0.39, 0.29) is 5.04 Å². The van der Waals surface area contributed by atoms with Gasteiger partial charge in [-0.1, -0.05) is 88.2 Å². The normalized spacial score (nSPS) is 16.3. The Morgan fingerprint density at radius 3 is 2.24 bits per heavy atom. The molecule has 0 heterocycles. The number of para-hydroxylation sites is 1. The molecule has 0 radical (unpaired) electrons. The van der Waals surface area contributed by atoms with Crippen LogP contribution in [0.15, 0.2) is 54.6 Å². The molecule has 21 heavy (non-hydrogen) atoms. The van der Waals surface area contributed by atoms with E-state index in [0.29, 0.717) is 0 Å². The third kappa shape index (κ3) is 3.88. The first-order valence-corrected chi connectivity index (χ1v) is 11.3. The van der Waals surface area contributed by atoms with Crippen LogP contribution < -0.4 is 4.98 Å². The van der Waals surface area contributed by atoms with Crippen LogP contribution in [0, 0.1) is 0 Å². The van der Waals surface area contributed by atoms with Gasteiger partial charge in [0, 0.05) is 10.7 Å². The second kappa shape index (κ2) is 7.12. The molecule has 114 valence electrons. The maximum atomic E-state index is 3.88. The quantitative estimate of drug-likeness (QED) is 0.449. The third-order valence-corrected chi connectivity index (χ3v) is 8.56. The number of benzene rings is 1. The van der Waals surface area contributed by atoms with E-state index < -0.39 is 8.24 Å². The molecule has 1 aliphatic carbocycles. The minimum absolute atomic E-state index is 0.260. The van der Waals surface area contributed by atoms with E-state index in [1.165, 1.54) is 37.8 Å². The molecule has 0 spiro atoms. The first kappa shape index (κ1) is 16.1. The minimum Gasteiger partial charge on any atom is -0.410 e. The summed E-state index contributed by atoms with van der Waals surface area (Å²) in [6.45, 7) is 7.19. The van der Waals surface area contributed by atoms with Crippen LogP contribution in [0.5, 0.6) is 0 Å². The number of rotatable bonds is 8. The molecule has 0 unspecified atom stereocenters. The molecule has 0 atom stereocenters. The lowest BCUT2D eigenvalue weighted by molar-refractivity contribution is 0.592. The Morgan fingerprint density at radius 1 is 0.952 bits per heavy atom. The van der Waals surface area contributed by atoms with Gasteiger partial charge in [0.1, 0.15) is 0 Å². The van der Waals surface area contributed by atoms with Gasteiger partial charge in [-0.15, -0.1) is 0 Å². The van der Waals surface area contributed by atoms with E-state index >= 15 is 0 Å². The molecule has 1 aliphatic rings. The van der Waals surface area contributed by atoms with E-state index in [4.69, 9.17) is 0 Å². The molecule has 0 fully saturated rings. The van der Waals surface area contributed by atoms with Crippen molar-refractivity contribution in [2.45, 2.75) is 57.2 Å².